The molecule has 0 bridgehead atoms. The standard InChI is InChI=1S/C15H20NO2P/c1-11(17)12-3-5-13(6-4-12)15(18)16-9-7-14(19-2)8-10-16/h3-6,14,19H,7-10H2,1-2H3. The van der Waals surface area contributed by atoms with Crippen LogP contribution in [0.25, 0.3) is 0 Å². The van der Waals surface area contributed by atoms with Crippen molar-refractivity contribution in [1.29, 1.82) is 0 Å². The van der Waals surface area contributed by atoms with Crippen molar-refractivity contribution in [2.45, 2.75) is 25.4 Å². The van der Waals surface area contributed by atoms with Gasteiger partial charge in [0.15, 0.2) is 5.78 Å². The molecule has 2 rings (SSSR count). The molecule has 4 heteroatoms. The van der Waals surface area contributed by atoms with Crippen molar-refractivity contribution in [3.8, 4) is 0 Å². The average Bonchev–Trinajstić information content (AvgIpc) is 2.46. The molecule has 1 heterocycles. The van der Waals surface area contributed by atoms with E-state index < -0.39 is 0 Å². The number of amides is 1. The third-order valence-electron chi connectivity index (χ3n) is 3.73. The quantitative estimate of drug-likeness (QED) is 0.629. The van der Waals surface area contributed by atoms with Crippen LogP contribution >= 0.6 is 8.58 Å². The van der Waals surface area contributed by atoms with E-state index in [1.165, 1.54) is 6.92 Å². The summed E-state index contributed by atoms with van der Waals surface area (Å²) in [6.45, 7) is 5.49. The zero-order chi connectivity index (χ0) is 13.8. The Morgan fingerprint density at radius 3 is 2.11 bits per heavy atom. The topological polar surface area (TPSA) is 37.4 Å². The third-order valence-corrected chi connectivity index (χ3v) is 5.12. The van der Waals surface area contributed by atoms with Crippen LogP contribution in [0.3, 0.4) is 0 Å². The molecule has 0 aromatic heterocycles. The molecular weight excluding hydrogens is 257 g/mol. The minimum absolute atomic E-state index is 0.0313. The Kier molecular flexibility index (Phi) is 4.71. The van der Waals surface area contributed by atoms with Gasteiger partial charge in [-0.2, -0.15) is 0 Å². The first kappa shape index (κ1) is 14.2. The van der Waals surface area contributed by atoms with Crippen molar-refractivity contribution < 1.29 is 9.59 Å². The Morgan fingerprint density at radius 2 is 1.63 bits per heavy atom. The van der Waals surface area contributed by atoms with Gasteiger partial charge in [0.05, 0.1) is 0 Å². The Bertz CT molecular complexity index is 462. The van der Waals surface area contributed by atoms with Gasteiger partial charge in [-0.3, -0.25) is 9.59 Å². The molecule has 1 aromatic carbocycles. The average molecular weight is 277 g/mol. The lowest BCUT2D eigenvalue weighted by molar-refractivity contribution is 0.0726. The lowest BCUT2D eigenvalue weighted by Crippen LogP contribution is -2.39. The van der Waals surface area contributed by atoms with E-state index in [1.807, 2.05) is 4.90 Å². The van der Waals surface area contributed by atoms with Crippen LogP contribution < -0.4 is 0 Å². The first-order chi connectivity index (χ1) is 9.11. The van der Waals surface area contributed by atoms with Crippen LogP contribution in [0.2, 0.25) is 0 Å². The van der Waals surface area contributed by atoms with Gasteiger partial charge in [0.1, 0.15) is 0 Å². The van der Waals surface area contributed by atoms with Crippen LogP contribution in [-0.4, -0.2) is 42.0 Å². The number of carbonyl (C=O) groups is 2. The first-order valence-electron chi connectivity index (χ1n) is 6.69. The van der Waals surface area contributed by atoms with Gasteiger partial charge in [-0.15, -0.1) is 8.58 Å². The molecule has 1 unspecified atom stereocenters. The van der Waals surface area contributed by atoms with Crippen LogP contribution in [0.1, 0.15) is 40.5 Å². The van der Waals surface area contributed by atoms with Crippen molar-refractivity contribution in [3.63, 3.8) is 0 Å². The highest BCUT2D eigenvalue weighted by atomic mass is 31.1. The van der Waals surface area contributed by atoms with Gasteiger partial charge < -0.3 is 4.90 Å². The highest BCUT2D eigenvalue weighted by Crippen LogP contribution is 2.26. The van der Waals surface area contributed by atoms with Crippen LogP contribution in [0.15, 0.2) is 24.3 Å². The van der Waals surface area contributed by atoms with Gasteiger partial charge in [0.2, 0.25) is 0 Å². The number of carbonyl (C=O) groups excluding carboxylic acids is 2. The summed E-state index contributed by atoms with van der Waals surface area (Å²) in [5.41, 5.74) is 2.13. The second-order valence-electron chi connectivity index (χ2n) is 4.99. The van der Waals surface area contributed by atoms with Crippen LogP contribution in [0, 0.1) is 0 Å². The number of nitrogens with zero attached hydrogens (tertiary/aromatic N) is 1. The molecule has 3 nitrogen and oxygen atoms in total. The fourth-order valence-corrected chi connectivity index (χ4v) is 3.24. The van der Waals surface area contributed by atoms with Crippen molar-refractivity contribution in [2.75, 3.05) is 19.8 Å². The van der Waals surface area contributed by atoms with E-state index >= 15 is 0 Å². The van der Waals surface area contributed by atoms with Crippen molar-refractivity contribution in [3.05, 3.63) is 35.4 Å². The van der Waals surface area contributed by atoms with E-state index in [2.05, 4.69) is 6.66 Å². The molecule has 0 aliphatic carbocycles. The summed E-state index contributed by atoms with van der Waals surface area (Å²) in [5.74, 6) is 0.122. The van der Waals surface area contributed by atoms with E-state index in [4.69, 9.17) is 0 Å². The van der Waals surface area contributed by atoms with Gasteiger partial charge in [0, 0.05) is 24.2 Å². The minimum atomic E-state index is 0.0313. The number of hydrogen-bond donors (Lipinski definition) is 0. The lowest BCUT2D eigenvalue weighted by atomic mass is 10.1. The number of likely N-dealkylation sites (tertiary alicyclic amines) is 1. The summed E-state index contributed by atoms with van der Waals surface area (Å²) in [6, 6.07) is 6.98. The Balaban J connectivity index is 2.02. The number of piperidine rings is 1. The molecule has 1 aliphatic heterocycles. The molecule has 0 radical (unpaired) electrons. The Morgan fingerprint density at radius 1 is 1.11 bits per heavy atom. The molecule has 1 fully saturated rings. The number of Topliss-reactive ketones (excluding diaryl/α,β-unsaturated/α-hetero) is 1. The van der Waals surface area contributed by atoms with Gasteiger partial charge in [-0.1, -0.05) is 12.1 Å². The predicted molar refractivity (Wildman–Crippen MR) is 79.6 cm³/mol. The Hall–Kier alpha value is -1.21. The smallest absolute Gasteiger partial charge is 0.253 e. The van der Waals surface area contributed by atoms with Crippen LogP contribution in [0.4, 0.5) is 0 Å². The summed E-state index contributed by atoms with van der Waals surface area (Å²) < 4.78 is 0. The predicted octanol–water partition coefficient (Wildman–Crippen LogP) is 2.80. The minimum Gasteiger partial charge on any atom is -0.339 e. The highest BCUT2D eigenvalue weighted by molar-refractivity contribution is 7.37. The number of hydrogen-bond acceptors (Lipinski definition) is 2. The maximum atomic E-state index is 12.3. The van der Waals surface area contributed by atoms with E-state index in [1.54, 1.807) is 24.3 Å². The molecular formula is C15H20NO2P. The van der Waals surface area contributed by atoms with Crippen molar-refractivity contribution in [1.82, 2.24) is 4.90 Å². The summed E-state index contributed by atoms with van der Waals surface area (Å²) >= 11 is 0. The molecule has 0 N–H and O–H groups in total. The van der Waals surface area contributed by atoms with Crippen molar-refractivity contribution in [2.24, 2.45) is 0 Å². The maximum absolute atomic E-state index is 12.3. The summed E-state index contributed by atoms with van der Waals surface area (Å²) in [6.07, 6.45) is 2.23. The zero-order valence-corrected chi connectivity index (χ0v) is 12.5. The van der Waals surface area contributed by atoms with Gasteiger partial charge in [0.25, 0.3) is 5.91 Å². The lowest BCUT2D eigenvalue weighted by Gasteiger charge is -2.31. The zero-order valence-electron chi connectivity index (χ0n) is 11.5. The fourth-order valence-electron chi connectivity index (χ4n) is 2.40. The first-order valence-corrected chi connectivity index (χ1v) is 8.27. The van der Waals surface area contributed by atoms with E-state index in [-0.39, 0.29) is 11.7 Å². The van der Waals surface area contributed by atoms with Crippen LogP contribution in [0.5, 0.6) is 0 Å². The second kappa shape index (κ2) is 6.29. The molecule has 0 saturated carbocycles. The molecule has 1 saturated heterocycles. The van der Waals surface area contributed by atoms with E-state index in [9.17, 15) is 9.59 Å². The second-order valence-corrected chi connectivity index (χ2v) is 6.38. The fraction of sp³-hybridized carbons (Fsp3) is 0.467. The molecule has 1 amide bonds. The number of benzene rings is 1. The van der Waals surface area contributed by atoms with Crippen molar-refractivity contribution >= 4 is 20.3 Å². The Labute approximate surface area is 116 Å². The SMILES string of the molecule is CPC1CCN(C(=O)c2ccc(C(C)=O)cc2)CC1. The van der Waals surface area contributed by atoms with Crippen LogP contribution in [-0.2, 0) is 0 Å². The number of rotatable bonds is 3. The largest absolute Gasteiger partial charge is 0.339 e. The normalized spacial score (nSPS) is 17.1. The summed E-state index contributed by atoms with van der Waals surface area (Å²) in [7, 11) is 0.977. The van der Waals surface area contributed by atoms with Gasteiger partial charge in [-0.25, -0.2) is 0 Å². The number of ketones is 1. The monoisotopic (exact) mass is 277 g/mol. The van der Waals surface area contributed by atoms with E-state index in [0.29, 0.717) is 11.1 Å². The molecule has 1 aromatic rings. The highest BCUT2D eigenvalue weighted by Gasteiger charge is 2.22. The van der Waals surface area contributed by atoms with E-state index in [0.717, 1.165) is 40.2 Å². The molecule has 102 valence electrons. The van der Waals surface area contributed by atoms with Gasteiger partial charge in [-0.05, 0) is 44.2 Å². The molecule has 0 spiro atoms. The third kappa shape index (κ3) is 3.42. The molecule has 1 atom stereocenters. The van der Waals surface area contributed by atoms with Gasteiger partial charge >= 0.3 is 0 Å². The molecule has 1 aliphatic rings. The summed E-state index contributed by atoms with van der Waals surface area (Å²) in [5, 5.41) is 0. The maximum Gasteiger partial charge on any atom is 0.253 e. The summed E-state index contributed by atoms with van der Waals surface area (Å²) in [4.78, 5) is 25.5. The molecule has 19 heavy (non-hydrogen) atoms.